The summed E-state index contributed by atoms with van der Waals surface area (Å²) in [7, 11) is -0.0160. The molecule has 0 saturated heterocycles. The second-order valence-electron chi connectivity index (χ2n) is 7.81. The first-order valence-electron chi connectivity index (χ1n) is 11.5. The average Bonchev–Trinajstić information content (AvgIpc) is 2.95. The third kappa shape index (κ3) is 7.26. The minimum Gasteiger partial charge on any atom is -0.493 e. The lowest BCUT2D eigenvalue weighted by Crippen LogP contribution is -2.39. The van der Waals surface area contributed by atoms with Crippen molar-refractivity contribution in [1.29, 1.82) is 0 Å². The predicted octanol–water partition coefficient (Wildman–Crippen LogP) is 3.76. The largest absolute Gasteiger partial charge is 0.493 e. The van der Waals surface area contributed by atoms with E-state index >= 15 is 0 Å². The summed E-state index contributed by atoms with van der Waals surface area (Å²) in [5, 5.41) is 3.92. The highest BCUT2D eigenvalue weighted by molar-refractivity contribution is 7.92. The number of hydrogen-bond acceptors (Lipinski definition) is 8. The molecule has 0 saturated carbocycles. The average molecular weight is 558 g/mol. The highest BCUT2D eigenvalue weighted by Gasteiger charge is 2.28. The number of anilines is 1. The van der Waals surface area contributed by atoms with E-state index in [9.17, 15) is 17.6 Å². The van der Waals surface area contributed by atoms with E-state index in [0.717, 1.165) is 16.4 Å². The first-order chi connectivity index (χ1) is 18.7. The van der Waals surface area contributed by atoms with E-state index in [1.54, 1.807) is 24.3 Å². The van der Waals surface area contributed by atoms with Crippen LogP contribution in [0.2, 0.25) is 0 Å². The van der Waals surface area contributed by atoms with E-state index in [4.69, 9.17) is 18.9 Å². The summed E-state index contributed by atoms with van der Waals surface area (Å²) in [5.41, 5.74) is 2.98. The SMILES string of the molecule is C=CCOc1ccc(/C=N\NC(=O)CN(c2ccc(F)cc2)S(=O)(=O)c2ccc(OC)c(OC)c2)cc1OC. The topological polar surface area (TPSA) is 116 Å². The van der Waals surface area contributed by atoms with Crippen molar-refractivity contribution in [3.63, 3.8) is 0 Å². The van der Waals surface area contributed by atoms with E-state index in [2.05, 4.69) is 17.1 Å². The quantitative estimate of drug-likeness (QED) is 0.193. The summed E-state index contributed by atoms with van der Waals surface area (Å²) < 4.78 is 62.8. The Labute approximate surface area is 226 Å². The van der Waals surface area contributed by atoms with Gasteiger partial charge < -0.3 is 18.9 Å². The lowest BCUT2D eigenvalue weighted by Gasteiger charge is -2.24. The van der Waals surface area contributed by atoms with Gasteiger partial charge in [0.15, 0.2) is 23.0 Å². The molecule has 0 radical (unpaired) electrons. The minimum absolute atomic E-state index is 0.0742. The molecule has 0 atom stereocenters. The van der Waals surface area contributed by atoms with Gasteiger partial charge in [0.1, 0.15) is 19.0 Å². The van der Waals surface area contributed by atoms with Crippen LogP contribution in [-0.4, -0.2) is 55.0 Å². The van der Waals surface area contributed by atoms with Crippen molar-refractivity contribution in [2.45, 2.75) is 4.90 Å². The standard InChI is InChI=1S/C27H28FN3O7S/c1-5-14-38-24-12-6-19(15-25(24)36-3)17-29-30-27(32)18-31(21-9-7-20(28)8-10-21)39(33,34)22-11-13-23(35-2)26(16-22)37-4/h5-13,15-17H,1,14,18H2,2-4H3,(H,30,32)/b29-17-. The Morgan fingerprint density at radius 2 is 1.59 bits per heavy atom. The molecule has 0 fully saturated rings. The van der Waals surface area contributed by atoms with Gasteiger partial charge >= 0.3 is 0 Å². The summed E-state index contributed by atoms with van der Waals surface area (Å²) in [4.78, 5) is 12.6. The molecule has 1 N–H and O–H groups in total. The van der Waals surface area contributed by atoms with Crippen LogP contribution in [0.25, 0.3) is 0 Å². The lowest BCUT2D eigenvalue weighted by atomic mass is 10.2. The van der Waals surface area contributed by atoms with Gasteiger partial charge in [-0.1, -0.05) is 12.7 Å². The molecule has 12 heteroatoms. The maximum atomic E-state index is 13.6. The molecule has 10 nitrogen and oxygen atoms in total. The molecule has 0 bridgehead atoms. The van der Waals surface area contributed by atoms with E-state index in [1.165, 1.54) is 57.9 Å². The summed E-state index contributed by atoms with van der Waals surface area (Å²) in [6.45, 7) is 3.26. The fourth-order valence-electron chi connectivity index (χ4n) is 3.40. The Hall–Kier alpha value is -4.58. The predicted molar refractivity (Wildman–Crippen MR) is 145 cm³/mol. The zero-order valence-corrected chi connectivity index (χ0v) is 22.4. The molecule has 0 aliphatic carbocycles. The Morgan fingerprint density at radius 1 is 0.949 bits per heavy atom. The molecule has 206 valence electrons. The Balaban J connectivity index is 1.83. The van der Waals surface area contributed by atoms with Crippen molar-refractivity contribution < 1.29 is 36.6 Å². The van der Waals surface area contributed by atoms with Gasteiger partial charge in [-0.15, -0.1) is 0 Å². The molecule has 0 aliphatic heterocycles. The zero-order valence-electron chi connectivity index (χ0n) is 21.6. The zero-order chi connectivity index (χ0) is 28.4. The second-order valence-corrected chi connectivity index (χ2v) is 9.67. The molecule has 0 heterocycles. The van der Waals surface area contributed by atoms with Crippen molar-refractivity contribution in [1.82, 2.24) is 5.43 Å². The van der Waals surface area contributed by atoms with Crippen molar-refractivity contribution >= 4 is 27.8 Å². The number of carbonyl (C=O) groups is 1. The minimum atomic E-state index is -4.29. The highest BCUT2D eigenvalue weighted by Crippen LogP contribution is 2.32. The lowest BCUT2D eigenvalue weighted by molar-refractivity contribution is -0.119. The fraction of sp³-hybridized carbons (Fsp3) is 0.185. The Bertz CT molecular complexity index is 1440. The van der Waals surface area contributed by atoms with Gasteiger partial charge in [-0.25, -0.2) is 18.2 Å². The highest BCUT2D eigenvalue weighted by atomic mass is 32.2. The van der Waals surface area contributed by atoms with E-state index in [1.807, 2.05) is 0 Å². The van der Waals surface area contributed by atoms with Crippen molar-refractivity contribution in [3.05, 3.63) is 84.7 Å². The molecule has 0 unspecified atom stereocenters. The van der Waals surface area contributed by atoms with Crippen LogP contribution in [0.15, 0.2) is 83.3 Å². The van der Waals surface area contributed by atoms with Crippen LogP contribution in [0.4, 0.5) is 10.1 Å². The van der Waals surface area contributed by atoms with Crippen LogP contribution in [0, 0.1) is 5.82 Å². The first-order valence-corrected chi connectivity index (χ1v) is 12.9. The molecule has 3 rings (SSSR count). The number of nitrogens with one attached hydrogen (secondary N) is 1. The summed E-state index contributed by atoms with van der Waals surface area (Å²) >= 11 is 0. The number of hydrogen-bond donors (Lipinski definition) is 1. The maximum absolute atomic E-state index is 13.6. The smallest absolute Gasteiger partial charge is 0.264 e. The number of halogens is 1. The Morgan fingerprint density at radius 3 is 2.23 bits per heavy atom. The molecule has 0 aromatic heterocycles. The van der Waals surface area contributed by atoms with E-state index < -0.39 is 28.3 Å². The van der Waals surface area contributed by atoms with Crippen LogP contribution < -0.4 is 28.7 Å². The van der Waals surface area contributed by atoms with Crippen LogP contribution in [0.3, 0.4) is 0 Å². The van der Waals surface area contributed by atoms with Crippen LogP contribution in [0.5, 0.6) is 23.0 Å². The van der Waals surface area contributed by atoms with E-state index in [-0.39, 0.29) is 16.3 Å². The molecular weight excluding hydrogens is 529 g/mol. The molecule has 0 spiro atoms. The van der Waals surface area contributed by atoms with Crippen molar-refractivity contribution in [2.75, 3.05) is 38.8 Å². The van der Waals surface area contributed by atoms with Crippen LogP contribution in [0.1, 0.15) is 5.56 Å². The fourth-order valence-corrected chi connectivity index (χ4v) is 4.84. The van der Waals surface area contributed by atoms with Gasteiger partial charge in [0.05, 0.1) is 38.1 Å². The maximum Gasteiger partial charge on any atom is 0.264 e. The Kier molecular flexibility index (Phi) is 9.87. The van der Waals surface area contributed by atoms with Gasteiger partial charge in [-0.05, 0) is 60.2 Å². The monoisotopic (exact) mass is 557 g/mol. The molecule has 39 heavy (non-hydrogen) atoms. The van der Waals surface area contributed by atoms with Gasteiger partial charge in [0, 0.05) is 6.07 Å². The molecule has 0 aliphatic rings. The number of rotatable bonds is 13. The summed E-state index contributed by atoms with van der Waals surface area (Å²) in [6.07, 6.45) is 2.97. The number of carbonyl (C=O) groups excluding carboxylic acids is 1. The van der Waals surface area contributed by atoms with Gasteiger partial charge in [-0.2, -0.15) is 5.10 Å². The number of benzene rings is 3. The van der Waals surface area contributed by atoms with Crippen LogP contribution in [-0.2, 0) is 14.8 Å². The normalized spacial score (nSPS) is 11.1. The van der Waals surface area contributed by atoms with Gasteiger partial charge in [0.25, 0.3) is 15.9 Å². The number of hydrazone groups is 1. The number of ether oxygens (including phenoxy) is 4. The van der Waals surface area contributed by atoms with E-state index in [0.29, 0.717) is 29.4 Å². The molecule has 3 aromatic carbocycles. The summed E-state index contributed by atoms with van der Waals surface area (Å²) in [5.74, 6) is 0.173. The second kappa shape index (κ2) is 13.3. The summed E-state index contributed by atoms with van der Waals surface area (Å²) in [6, 6.07) is 13.8. The molecule has 1 amide bonds. The third-order valence-corrected chi connectivity index (χ3v) is 7.06. The molecule has 3 aromatic rings. The van der Waals surface area contributed by atoms with Gasteiger partial charge in [-0.3, -0.25) is 9.10 Å². The number of amides is 1. The number of sulfonamides is 1. The van der Waals surface area contributed by atoms with Gasteiger partial charge in [0.2, 0.25) is 0 Å². The number of methoxy groups -OCH3 is 3. The third-order valence-electron chi connectivity index (χ3n) is 5.29. The first kappa shape index (κ1) is 29.0. The van der Waals surface area contributed by atoms with Crippen LogP contribution >= 0.6 is 0 Å². The van der Waals surface area contributed by atoms with Crippen molar-refractivity contribution in [3.8, 4) is 23.0 Å². The molecular formula is C27H28FN3O7S. The number of nitrogens with zero attached hydrogens (tertiary/aromatic N) is 2. The van der Waals surface area contributed by atoms with Crippen molar-refractivity contribution in [2.24, 2.45) is 5.10 Å².